The van der Waals surface area contributed by atoms with Gasteiger partial charge in [0.15, 0.2) is 0 Å². The van der Waals surface area contributed by atoms with Gasteiger partial charge in [-0.25, -0.2) is 4.98 Å². The zero-order chi connectivity index (χ0) is 13.7. The maximum Gasteiger partial charge on any atom is 0.126 e. The molecule has 1 fully saturated rings. The molecule has 1 N–H and O–H groups in total. The van der Waals surface area contributed by atoms with Crippen molar-refractivity contribution >= 4 is 5.82 Å². The standard InChI is InChI=1S/C16H26N2O/c1-4-17-15-11-13(7-10-18-15)12-19-14-5-8-16(2,3)9-6-14/h7,10-11,14H,4-6,8-9,12H2,1-3H3,(H,17,18). The first-order valence-corrected chi connectivity index (χ1v) is 7.39. The highest BCUT2D eigenvalue weighted by molar-refractivity contribution is 5.36. The highest BCUT2D eigenvalue weighted by atomic mass is 16.5. The van der Waals surface area contributed by atoms with Gasteiger partial charge in [0.2, 0.25) is 0 Å². The van der Waals surface area contributed by atoms with Crippen LogP contribution >= 0.6 is 0 Å². The van der Waals surface area contributed by atoms with Crippen molar-refractivity contribution in [2.75, 3.05) is 11.9 Å². The summed E-state index contributed by atoms with van der Waals surface area (Å²) in [7, 11) is 0. The van der Waals surface area contributed by atoms with E-state index in [9.17, 15) is 0 Å². The number of nitrogens with one attached hydrogen (secondary N) is 1. The van der Waals surface area contributed by atoms with E-state index in [0.717, 1.165) is 12.4 Å². The van der Waals surface area contributed by atoms with Crippen LogP contribution in [0.3, 0.4) is 0 Å². The van der Waals surface area contributed by atoms with Crippen molar-refractivity contribution in [3.8, 4) is 0 Å². The molecule has 0 radical (unpaired) electrons. The monoisotopic (exact) mass is 262 g/mol. The van der Waals surface area contributed by atoms with Crippen LogP contribution in [0.4, 0.5) is 5.82 Å². The van der Waals surface area contributed by atoms with Crippen LogP contribution in [0.25, 0.3) is 0 Å². The van der Waals surface area contributed by atoms with Crippen LogP contribution in [0.15, 0.2) is 18.3 Å². The molecule has 0 aliphatic heterocycles. The molecular formula is C16H26N2O. The second-order valence-electron chi connectivity index (χ2n) is 6.25. The van der Waals surface area contributed by atoms with Gasteiger partial charge < -0.3 is 10.1 Å². The van der Waals surface area contributed by atoms with Gasteiger partial charge in [0, 0.05) is 12.7 Å². The van der Waals surface area contributed by atoms with Crippen LogP contribution in [-0.2, 0) is 11.3 Å². The Balaban J connectivity index is 1.81. The highest BCUT2D eigenvalue weighted by Gasteiger charge is 2.27. The van der Waals surface area contributed by atoms with Crippen LogP contribution in [0.1, 0.15) is 52.0 Å². The number of nitrogens with zero attached hydrogens (tertiary/aromatic N) is 1. The van der Waals surface area contributed by atoms with Gasteiger partial charge in [-0.1, -0.05) is 13.8 Å². The molecule has 0 amide bonds. The predicted molar refractivity (Wildman–Crippen MR) is 79.2 cm³/mol. The SMILES string of the molecule is CCNc1cc(COC2CCC(C)(C)CC2)ccn1. The van der Waals surface area contributed by atoms with E-state index < -0.39 is 0 Å². The number of aromatic nitrogens is 1. The number of hydrogen-bond donors (Lipinski definition) is 1. The van der Waals surface area contributed by atoms with Crippen molar-refractivity contribution in [1.82, 2.24) is 4.98 Å². The summed E-state index contributed by atoms with van der Waals surface area (Å²) in [5, 5.41) is 3.23. The number of pyridine rings is 1. The van der Waals surface area contributed by atoms with Gasteiger partial charge in [0.1, 0.15) is 5.82 Å². The van der Waals surface area contributed by atoms with Crippen molar-refractivity contribution in [3.05, 3.63) is 23.9 Å². The lowest BCUT2D eigenvalue weighted by molar-refractivity contribution is -0.00559. The topological polar surface area (TPSA) is 34.1 Å². The Bertz CT molecular complexity index is 393. The maximum atomic E-state index is 6.04. The van der Waals surface area contributed by atoms with E-state index in [1.165, 1.54) is 31.2 Å². The van der Waals surface area contributed by atoms with E-state index in [1.807, 2.05) is 12.3 Å². The van der Waals surface area contributed by atoms with Crippen molar-refractivity contribution in [2.24, 2.45) is 5.41 Å². The molecule has 2 rings (SSSR count). The predicted octanol–water partition coefficient (Wildman–Crippen LogP) is 4.00. The summed E-state index contributed by atoms with van der Waals surface area (Å²) in [5.41, 5.74) is 1.71. The molecule has 1 saturated carbocycles. The van der Waals surface area contributed by atoms with Crippen LogP contribution in [0, 0.1) is 5.41 Å². The zero-order valence-corrected chi connectivity index (χ0v) is 12.4. The van der Waals surface area contributed by atoms with E-state index in [-0.39, 0.29) is 0 Å². The minimum absolute atomic E-state index is 0.434. The third-order valence-electron chi connectivity index (χ3n) is 3.95. The van der Waals surface area contributed by atoms with Gasteiger partial charge in [-0.15, -0.1) is 0 Å². The Morgan fingerprint density at radius 1 is 1.37 bits per heavy atom. The lowest BCUT2D eigenvalue weighted by atomic mass is 9.76. The average molecular weight is 262 g/mol. The molecule has 1 aromatic rings. The average Bonchev–Trinajstić information content (AvgIpc) is 2.38. The zero-order valence-electron chi connectivity index (χ0n) is 12.4. The first kappa shape index (κ1) is 14.3. The third-order valence-corrected chi connectivity index (χ3v) is 3.95. The molecule has 0 spiro atoms. The molecule has 19 heavy (non-hydrogen) atoms. The van der Waals surface area contributed by atoms with Crippen molar-refractivity contribution in [3.63, 3.8) is 0 Å². The second-order valence-corrected chi connectivity index (χ2v) is 6.25. The molecule has 0 unspecified atom stereocenters. The smallest absolute Gasteiger partial charge is 0.126 e. The fraction of sp³-hybridized carbons (Fsp3) is 0.688. The fourth-order valence-electron chi connectivity index (χ4n) is 2.60. The van der Waals surface area contributed by atoms with Crippen LogP contribution in [-0.4, -0.2) is 17.6 Å². The molecule has 1 aliphatic carbocycles. The van der Waals surface area contributed by atoms with E-state index in [1.54, 1.807) is 0 Å². The highest BCUT2D eigenvalue weighted by Crippen LogP contribution is 2.36. The van der Waals surface area contributed by atoms with E-state index in [2.05, 4.69) is 37.1 Å². The largest absolute Gasteiger partial charge is 0.374 e. The molecule has 1 aromatic heterocycles. The van der Waals surface area contributed by atoms with E-state index in [4.69, 9.17) is 4.74 Å². The van der Waals surface area contributed by atoms with Crippen LogP contribution < -0.4 is 5.32 Å². The first-order valence-electron chi connectivity index (χ1n) is 7.39. The Hall–Kier alpha value is -1.09. The number of rotatable bonds is 5. The summed E-state index contributed by atoms with van der Waals surface area (Å²) in [5.74, 6) is 0.938. The van der Waals surface area contributed by atoms with Crippen LogP contribution in [0.2, 0.25) is 0 Å². The Morgan fingerprint density at radius 2 is 2.11 bits per heavy atom. The molecule has 0 atom stereocenters. The lowest BCUT2D eigenvalue weighted by Crippen LogP contribution is -2.26. The van der Waals surface area contributed by atoms with Gasteiger partial charge in [-0.3, -0.25) is 0 Å². The third kappa shape index (κ3) is 4.50. The first-order chi connectivity index (χ1) is 9.09. The summed E-state index contributed by atoms with van der Waals surface area (Å²) < 4.78 is 6.04. The Morgan fingerprint density at radius 3 is 2.79 bits per heavy atom. The lowest BCUT2D eigenvalue weighted by Gasteiger charge is -2.34. The van der Waals surface area contributed by atoms with Crippen molar-refractivity contribution < 1.29 is 4.74 Å². The molecule has 0 bridgehead atoms. The summed E-state index contributed by atoms with van der Waals surface area (Å²) in [4.78, 5) is 4.28. The van der Waals surface area contributed by atoms with Gasteiger partial charge in [0.25, 0.3) is 0 Å². The second kappa shape index (κ2) is 6.38. The molecule has 0 aromatic carbocycles. The van der Waals surface area contributed by atoms with E-state index in [0.29, 0.717) is 18.1 Å². The molecular weight excluding hydrogens is 236 g/mol. The van der Waals surface area contributed by atoms with Crippen molar-refractivity contribution in [2.45, 2.75) is 59.2 Å². The van der Waals surface area contributed by atoms with Gasteiger partial charge in [0.05, 0.1) is 12.7 Å². The molecule has 3 nitrogen and oxygen atoms in total. The van der Waals surface area contributed by atoms with Gasteiger partial charge in [-0.05, 0) is 55.7 Å². The van der Waals surface area contributed by atoms with E-state index >= 15 is 0 Å². The minimum Gasteiger partial charge on any atom is -0.374 e. The Kier molecular flexibility index (Phi) is 4.81. The number of anilines is 1. The summed E-state index contributed by atoms with van der Waals surface area (Å²) in [6.07, 6.45) is 7.22. The Labute approximate surface area is 116 Å². The quantitative estimate of drug-likeness (QED) is 0.871. The molecule has 1 aliphatic rings. The van der Waals surface area contributed by atoms with Gasteiger partial charge >= 0.3 is 0 Å². The molecule has 1 heterocycles. The maximum absolute atomic E-state index is 6.04. The van der Waals surface area contributed by atoms with Crippen molar-refractivity contribution in [1.29, 1.82) is 0 Å². The number of ether oxygens (including phenoxy) is 1. The molecule has 3 heteroatoms. The summed E-state index contributed by atoms with van der Waals surface area (Å²) >= 11 is 0. The fourth-order valence-corrected chi connectivity index (χ4v) is 2.60. The van der Waals surface area contributed by atoms with Crippen LogP contribution in [0.5, 0.6) is 0 Å². The number of hydrogen-bond acceptors (Lipinski definition) is 3. The molecule has 0 saturated heterocycles. The minimum atomic E-state index is 0.434. The normalized spacial score (nSPS) is 19.3. The summed E-state index contributed by atoms with van der Waals surface area (Å²) in [6, 6.07) is 4.11. The molecule has 106 valence electrons. The van der Waals surface area contributed by atoms with Gasteiger partial charge in [-0.2, -0.15) is 0 Å². The summed E-state index contributed by atoms with van der Waals surface area (Å²) in [6.45, 7) is 8.39.